The number of thioether (sulfide) groups is 1. The van der Waals surface area contributed by atoms with E-state index < -0.39 is 5.82 Å². The minimum absolute atomic E-state index is 0.00321. The van der Waals surface area contributed by atoms with Crippen LogP contribution in [0.2, 0.25) is 10.2 Å². The van der Waals surface area contributed by atoms with Crippen molar-refractivity contribution in [3.05, 3.63) is 74.7 Å². The third kappa shape index (κ3) is 6.28. The first-order chi connectivity index (χ1) is 17.9. The first-order valence-electron chi connectivity index (χ1n) is 10.5. The molecule has 0 atom stereocenters. The molecule has 0 aliphatic rings. The van der Waals surface area contributed by atoms with Gasteiger partial charge in [-0.25, -0.2) is 19.3 Å². The van der Waals surface area contributed by atoms with Crippen molar-refractivity contribution in [2.24, 2.45) is 0 Å². The number of anilines is 2. The Balaban J connectivity index is 1.57. The summed E-state index contributed by atoms with van der Waals surface area (Å²) < 4.78 is 18.7. The molecule has 8 nitrogen and oxygen atoms in total. The van der Waals surface area contributed by atoms with Gasteiger partial charge < -0.3 is 15.2 Å². The zero-order valence-corrected chi connectivity index (χ0v) is 21.8. The molecular formula is C24H15Cl2FN6O2S2. The molecule has 0 saturated carbocycles. The third-order valence-electron chi connectivity index (χ3n) is 4.79. The predicted molar refractivity (Wildman–Crippen MR) is 141 cm³/mol. The molecule has 1 aromatic carbocycles. The molecule has 0 unspecified atom stereocenters. The Morgan fingerprint density at radius 1 is 1.14 bits per heavy atom. The zero-order chi connectivity index (χ0) is 26.4. The number of rotatable bonds is 9. The summed E-state index contributed by atoms with van der Waals surface area (Å²) in [6.07, 6.45) is 1.47. The van der Waals surface area contributed by atoms with Crippen molar-refractivity contribution < 1.29 is 14.2 Å². The van der Waals surface area contributed by atoms with Crippen molar-refractivity contribution in [2.45, 2.75) is 10.8 Å². The lowest BCUT2D eigenvalue weighted by Gasteiger charge is -2.12. The molecule has 0 radical (unpaired) electrons. The van der Waals surface area contributed by atoms with Crippen LogP contribution in [0.3, 0.4) is 0 Å². The van der Waals surface area contributed by atoms with Gasteiger partial charge in [-0.15, -0.1) is 11.3 Å². The molecule has 3 aromatic heterocycles. The lowest BCUT2D eigenvalue weighted by molar-refractivity contribution is 0.196. The number of nitrogens with zero attached hydrogens (tertiary/aromatic N) is 5. The fraction of sp³-hybridized carbons (Fsp3) is 0.125. The second kappa shape index (κ2) is 12.2. The maximum atomic E-state index is 13.4. The number of ether oxygens (including phenoxy) is 1. The van der Waals surface area contributed by atoms with E-state index >= 15 is 0 Å². The SMILES string of the molecule is N#Cc1c(Cl)nc(SCc2csc(Nc3ccc(F)c(Cl)c3)n2)c(C#N)c1-c1ccc(OCCO)nc1. The Morgan fingerprint density at radius 3 is 2.62 bits per heavy atom. The molecule has 186 valence electrons. The van der Waals surface area contributed by atoms with E-state index in [2.05, 4.69) is 26.3 Å². The highest BCUT2D eigenvalue weighted by molar-refractivity contribution is 7.98. The molecule has 37 heavy (non-hydrogen) atoms. The van der Waals surface area contributed by atoms with Crippen LogP contribution in [0.4, 0.5) is 15.2 Å². The lowest BCUT2D eigenvalue weighted by atomic mass is 9.99. The van der Waals surface area contributed by atoms with Gasteiger partial charge in [-0.05, 0) is 24.3 Å². The van der Waals surface area contributed by atoms with Gasteiger partial charge in [0.25, 0.3) is 0 Å². The number of pyridine rings is 2. The molecule has 0 aliphatic carbocycles. The molecule has 0 amide bonds. The van der Waals surface area contributed by atoms with Crippen LogP contribution in [0.5, 0.6) is 5.88 Å². The number of hydrogen-bond acceptors (Lipinski definition) is 10. The quantitative estimate of drug-likeness (QED) is 0.178. The van der Waals surface area contributed by atoms with Gasteiger partial charge in [0.1, 0.15) is 34.7 Å². The number of hydrogen-bond donors (Lipinski definition) is 2. The van der Waals surface area contributed by atoms with E-state index in [1.165, 1.54) is 41.4 Å². The number of halogens is 3. The fourth-order valence-corrected chi connectivity index (χ4v) is 5.34. The first kappa shape index (κ1) is 26.6. The zero-order valence-electron chi connectivity index (χ0n) is 18.7. The first-order valence-corrected chi connectivity index (χ1v) is 13.1. The van der Waals surface area contributed by atoms with Gasteiger partial charge in [-0.3, -0.25) is 0 Å². The average molecular weight is 573 g/mol. The Labute approximate surface area is 229 Å². The molecular weight excluding hydrogens is 558 g/mol. The fourth-order valence-electron chi connectivity index (χ4n) is 3.17. The van der Waals surface area contributed by atoms with E-state index in [1.54, 1.807) is 18.2 Å². The van der Waals surface area contributed by atoms with E-state index in [9.17, 15) is 14.9 Å². The Bertz CT molecular complexity index is 1520. The molecule has 13 heteroatoms. The molecule has 0 saturated heterocycles. The molecule has 0 bridgehead atoms. The standard InChI is InChI=1S/C24H15Cl2FN6O2S2/c25-18-7-14(2-3-19(18)27)31-24-32-15(12-37-24)11-36-23-17(9-29)21(16(8-28)22(26)33-23)13-1-4-20(30-10-13)35-6-5-34/h1-4,7,10,12,34H,5-6,11H2,(H,31,32). The van der Waals surface area contributed by atoms with Gasteiger partial charge in [0.2, 0.25) is 5.88 Å². The second-order valence-electron chi connectivity index (χ2n) is 7.20. The van der Waals surface area contributed by atoms with Gasteiger partial charge >= 0.3 is 0 Å². The van der Waals surface area contributed by atoms with Gasteiger partial charge in [0.05, 0.1) is 28.5 Å². The van der Waals surface area contributed by atoms with Crippen LogP contribution < -0.4 is 10.1 Å². The number of thiazole rings is 1. The topological polar surface area (TPSA) is 128 Å². The molecule has 2 N–H and O–H groups in total. The van der Waals surface area contributed by atoms with Crippen molar-refractivity contribution >= 4 is 57.1 Å². The summed E-state index contributed by atoms with van der Waals surface area (Å²) in [5, 5.41) is 34.4. The normalized spacial score (nSPS) is 10.5. The van der Waals surface area contributed by atoms with Crippen molar-refractivity contribution in [1.82, 2.24) is 15.0 Å². The Kier molecular flexibility index (Phi) is 8.77. The minimum Gasteiger partial charge on any atom is -0.475 e. The van der Waals surface area contributed by atoms with Crippen molar-refractivity contribution in [1.29, 1.82) is 10.5 Å². The molecule has 3 heterocycles. The second-order valence-corrected chi connectivity index (χ2v) is 9.79. The van der Waals surface area contributed by atoms with Crippen LogP contribution in [0.15, 0.2) is 46.9 Å². The summed E-state index contributed by atoms with van der Waals surface area (Å²) >= 11 is 14.8. The van der Waals surface area contributed by atoms with E-state index in [0.717, 1.165) is 0 Å². The molecule has 0 spiro atoms. The predicted octanol–water partition coefficient (Wildman–Crippen LogP) is 6.20. The van der Waals surface area contributed by atoms with Crippen molar-refractivity contribution in [2.75, 3.05) is 18.5 Å². The highest BCUT2D eigenvalue weighted by Gasteiger charge is 2.21. The van der Waals surface area contributed by atoms with Crippen LogP contribution in [-0.2, 0) is 5.75 Å². The summed E-state index contributed by atoms with van der Waals surface area (Å²) in [5.41, 5.74) is 2.37. The van der Waals surface area contributed by atoms with Gasteiger partial charge in [0.15, 0.2) is 5.13 Å². The van der Waals surface area contributed by atoms with Gasteiger partial charge in [-0.2, -0.15) is 10.5 Å². The van der Waals surface area contributed by atoms with Gasteiger partial charge in [0, 0.05) is 40.2 Å². The maximum Gasteiger partial charge on any atom is 0.213 e. The maximum absolute atomic E-state index is 13.4. The van der Waals surface area contributed by atoms with E-state index in [-0.39, 0.29) is 34.5 Å². The van der Waals surface area contributed by atoms with Crippen LogP contribution >= 0.6 is 46.3 Å². The smallest absolute Gasteiger partial charge is 0.213 e. The van der Waals surface area contributed by atoms with Gasteiger partial charge in [-0.1, -0.05) is 35.0 Å². The summed E-state index contributed by atoms with van der Waals surface area (Å²) in [7, 11) is 0. The van der Waals surface area contributed by atoms with Crippen LogP contribution in [-0.4, -0.2) is 33.3 Å². The van der Waals surface area contributed by atoms with Crippen LogP contribution in [0.1, 0.15) is 16.8 Å². The Morgan fingerprint density at radius 2 is 1.95 bits per heavy atom. The Hall–Kier alpha value is -3.45. The summed E-state index contributed by atoms with van der Waals surface area (Å²) in [5.74, 6) is 0.157. The monoisotopic (exact) mass is 572 g/mol. The van der Waals surface area contributed by atoms with Crippen LogP contribution in [0.25, 0.3) is 11.1 Å². The highest BCUT2D eigenvalue weighted by atomic mass is 35.5. The lowest BCUT2D eigenvalue weighted by Crippen LogP contribution is -2.03. The summed E-state index contributed by atoms with van der Waals surface area (Å²) in [6.45, 7) is -0.0646. The third-order valence-corrected chi connectivity index (χ3v) is 7.17. The number of aliphatic hydroxyl groups excluding tert-OH is 1. The highest BCUT2D eigenvalue weighted by Crippen LogP contribution is 2.37. The number of nitriles is 2. The largest absolute Gasteiger partial charge is 0.475 e. The van der Waals surface area contributed by atoms with Crippen molar-refractivity contribution in [3.8, 4) is 29.1 Å². The van der Waals surface area contributed by atoms with E-state index in [4.69, 9.17) is 33.0 Å². The van der Waals surface area contributed by atoms with E-state index in [0.29, 0.717) is 44.3 Å². The molecule has 0 fully saturated rings. The van der Waals surface area contributed by atoms with E-state index in [1.807, 2.05) is 11.4 Å². The summed E-state index contributed by atoms with van der Waals surface area (Å²) in [4.78, 5) is 13.0. The average Bonchev–Trinajstić information content (AvgIpc) is 3.35. The molecule has 4 aromatic rings. The number of benzene rings is 1. The summed E-state index contributed by atoms with van der Waals surface area (Å²) in [6, 6.07) is 11.7. The number of aliphatic hydroxyl groups is 1. The van der Waals surface area contributed by atoms with Crippen LogP contribution in [0, 0.1) is 28.5 Å². The minimum atomic E-state index is -0.508. The van der Waals surface area contributed by atoms with Crippen molar-refractivity contribution in [3.63, 3.8) is 0 Å². The molecule has 4 rings (SSSR count). The number of aromatic nitrogens is 3. The molecule has 0 aliphatic heterocycles. The number of nitrogens with one attached hydrogen (secondary N) is 1.